The van der Waals surface area contributed by atoms with Crippen molar-refractivity contribution in [1.82, 2.24) is 5.32 Å². The molecule has 0 bridgehead atoms. The monoisotopic (exact) mass is 774 g/mol. The Morgan fingerprint density at radius 1 is 0.545 bits per heavy atom. The highest BCUT2D eigenvalue weighted by molar-refractivity contribution is 5.78. The van der Waals surface area contributed by atoms with E-state index in [1.807, 2.05) is 12.2 Å². The van der Waals surface area contributed by atoms with Crippen molar-refractivity contribution in [2.75, 3.05) is 6.61 Å². The standard InChI is InChI=1S/C49H91NO5/c1-4-7-10-13-16-19-22-23-24-25-27-30-33-36-39-42-49(54)55-45(40-37-34-31-28-26-20-17-14-11-8-5-2)43-48(53)50-46(44-51)47(52)41-38-35-32-29-21-18-15-12-9-6-3/h19,22,28,31,37,40,45-47,51-52H,4-18,20-21,23-27,29-30,32-36,38-39,41-44H2,1-3H3,(H,50,53)/b22-19-,31-28-,40-37+. The first-order valence-electron chi connectivity index (χ1n) is 23.7. The van der Waals surface area contributed by atoms with Crippen molar-refractivity contribution in [3.8, 4) is 0 Å². The van der Waals surface area contributed by atoms with Gasteiger partial charge in [-0.15, -0.1) is 0 Å². The molecule has 0 radical (unpaired) electrons. The molecular weight excluding hydrogens is 683 g/mol. The van der Waals surface area contributed by atoms with Crippen LogP contribution >= 0.6 is 0 Å². The first-order chi connectivity index (χ1) is 27.0. The predicted molar refractivity (Wildman–Crippen MR) is 236 cm³/mol. The Kier molecular flexibility index (Phi) is 41.7. The summed E-state index contributed by atoms with van der Waals surface area (Å²) in [6, 6.07) is -0.729. The van der Waals surface area contributed by atoms with E-state index in [1.54, 1.807) is 0 Å². The third kappa shape index (κ3) is 38.7. The molecule has 55 heavy (non-hydrogen) atoms. The molecule has 0 rings (SSSR count). The quantitative estimate of drug-likeness (QED) is 0.0326. The van der Waals surface area contributed by atoms with Crippen LogP contribution in [0.25, 0.3) is 0 Å². The zero-order valence-electron chi connectivity index (χ0n) is 36.6. The van der Waals surface area contributed by atoms with Crippen molar-refractivity contribution in [2.45, 2.75) is 257 Å². The van der Waals surface area contributed by atoms with E-state index in [4.69, 9.17) is 4.74 Å². The van der Waals surface area contributed by atoms with Gasteiger partial charge in [-0.1, -0.05) is 199 Å². The highest BCUT2D eigenvalue weighted by Gasteiger charge is 2.23. The number of carbonyl (C=O) groups is 2. The molecule has 0 saturated heterocycles. The van der Waals surface area contributed by atoms with E-state index in [-0.39, 0.29) is 24.9 Å². The van der Waals surface area contributed by atoms with Gasteiger partial charge in [0, 0.05) is 6.42 Å². The van der Waals surface area contributed by atoms with Crippen LogP contribution in [0.1, 0.15) is 239 Å². The van der Waals surface area contributed by atoms with Gasteiger partial charge in [-0.3, -0.25) is 9.59 Å². The van der Waals surface area contributed by atoms with E-state index in [9.17, 15) is 19.8 Å². The Labute approximate surface area is 341 Å². The van der Waals surface area contributed by atoms with Crippen LogP contribution in [0.3, 0.4) is 0 Å². The second kappa shape index (κ2) is 43.2. The van der Waals surface area contributed by atoms with Crippen LogP contribution in [0.15, 0.2) is 36.5 Å². The Bertz CT molecular complexity index is 915. The lowest BCUT2D eigenvalue weighted by Crippen LogP contribution is -2.46. The Hall–Kier alpha value is -1.92. The third-order valence-electron chi connectivity index (χ3n) is 10.7. The predicted octanol–water partition coefficient (Wildman–Crippen LogP) is 13.7. The molecule has 322 valence electrons. The summed E-state index contributed by atoms with van der Waals surface area (Å²) in [5, 5.41) is 23.6. The number of allylic oxidation sites excluding steroid dienone is 5. The van der Waals surface area contributed by atoms with Crippen molar-refractivity contribution in [1.29, 1.82) is 0 Å². The van der Waals surface area contributed by atoms with Gasteiger partial charge in [0.25, 0.3) is 0 Å². The van der Waals surface area contributed by atoms with Crippen LogP contribution in [0.5, 0.6) is 0 Å². The average Bonchev–Trinajstić information content (AvgIpc) is 3.18. The number of aliphatic hydroxyl groups excluding tert-OH is 2. The first-order valence-corrected chi connectivity index (χ1v) is 23.7. The number of hydrogen-bond acceptors (Lipinski definition) is 5. The molecule has 3 atom stereocenters. The minimum Gasteiger partial charge on any atom is -0.458 e. The number of nitrogens with one attached hydrogen (secondary N) is 1. The number of esters is 1. The van der Waals surface area contributed by atoms with E-state index in [2.05, 4.69) is 50.4 Å². The maximum atomic E-state index is 13.1. The van der Waals surface area contributed by atoms with Crippen LogP contribution in [0, 0.1) is 0 Å². The molecule has 0 fully saturated rings. The molecule has 0 aliphatic carbocycles. The maximum absolute atomic E-state index is 13.1. The molecule has 1 amide bonds. The number of ether oxygens (including phenoxy) is 1. The number of rotatable bonds is 42. The molecule has 0 saturated carbocycles. The fourth-order valence-corrected chi connectivity index (χ4v) is 7.04. The van der Waals surface area contributed by atoms with Gasteiger partial charge in [-0.25, -0.2) is 0 Å². The number of hydrogen-bond donors (Lipinski definition) is 3. The molecular formula is C49H91NO5. The topological polar surface area (TPSA) is 95.9 Å². The Morgan fingerprint density at radius 3 is 1.45 bits per heavy atom. The highest BCUT2D eigenvalue weighted by Crippen LogP contribution is 2.15. The van der Waals surface area contributed by atoms with Crippen LogP contribution in [-0.4, -0.2) is 46.9 Å². The third-order valence-corrected chi connectivity index (χ3v) is 10.7. The molecule has 6 nitrogen and oxygen atoms in total. The van der Waals surface area contributed by atoms with Crippen LogP contribution < -0.4 is 5.32 Å². The van der Waals surface area contributed by atoms with Gasteiger partial charge in [-0.2, -0.15) is 0 Å². The van der Waals surface area contributed by atoms with Gasteiger partial charge < -0.3 is 20.3 Å². The van der Waals surface area contributed by atoms with Crippen LogP contribution in [-0.2, 0) is 14.3 Å². The molecule has 0 aromatic carbocycles. The molecule has 6 heteroatoms. The number of aliphatic hydroxyl groups is 2. The van der Waals surface area contributed by atoms with Crippen molar-refractivity contribution in [3.05, 3.63) is 36.5 Å². The normalized spacial score (nSPS) is 13.6. The Morgan fingerprint density at radius 2 is 0.964 bits per heavy atom. The average molecular weight is 774 g/mol. The van der Waals surface area contributed by atoms with Gasteiger partial charge >= 0.3 is 5.97 Å². The van der Waals surface area contributed by atoms with Gasteiger partial charge in [0.2, 0.25) is 5.91 Å². The van der Waals surface area contributed by atoms with Crippen LogP contribution in [0.4, 0.5) is 0 Å². The zero-order valence-corrected chi connectivity index (χ0v) is 36.6. The zero-order chi connectivity index (χ0) is 40.3. The highest BCUT2D eigenvalue weighted by atomic mass is 16.5. The fourth-order valence-electron chi connectivity index (χ4n) is 7.04. The molecule has 0 spiro atoms. The number of carbonyl (C=O) groups excluding carboxylic acids is 2. The van der Waals surface area contributed by atoms with E-state index in [1.165, 1.54) is 148 Å². The summed E-state index contributed by atoms with van der Waals surface area (Å²) in [7, 11) is 0. The summed E-state index contributed by atoms with van der Waals surface area (Å²) in [5.41, 5.74) is 0. The number of amides is 1. The van der Waals surface area contributed by atoms with E-state index < -0.39 is 18.2 Å². The largest absolute Gasteiger partial charge is 0.458 e. The lowest BCUT2D eigenvalue weighted by atomic mass is 10.0. The summed E-state index contributed by atoms with van der Waals surface area (Å²) in [6.45, 7) is 6.41. The summed E-state index contributed by atoms with van der Waals surface area (Å²) >= 11 is 0. The van der Waals surface area contributed by atoms with Gasteiger partial charge in [-0.05, 0) is 63.9 Å². The molecule has 3 unspecified atom stereocenters. The SMILES string of the molecule is CCCCCC/C=C\CCCCCCCCCC(=O)OC(/C=C/C/C=C\CCCCCCCC)CC(=O)NC(CO)C(O)CCCCCCCCCCCC. The van der Waals surface area contributed by atoms with Crippen molar-refractivity contribution in [2.24, 2.45) is 0 Å². The minimum absolute atomic E-state index is 0.0285. The van der Waals surface area contributed by atoms with Gasteiger partial charge in [0.15, 0.2) is 0 Å². The van der Waals surface area contributed by atoms with E-state index in [0.717, 1.165) is 51.4 Å². The van der Waals surface area contributed by atoms with Crippen molar-refractivity contribution < 1.29 is 24.5 Å². The lowest BCUT2D eigenvalue weighted by Gasteiger charge is -2.23. The second-order valence-corrected chi connectivity index (χ2v) is 16.2. The van der Waals surface area contributed by atoms with Crippen molar-refractivity contribution in [3.63, 3.8) is 0 Å². The molecule has 3 N–H and O–H groups in total. The summed E-state index contributed by atoms with van der Waals surface area (Å²) < 4.78 is 5.80. The summed E-state index contributed by atoms with van der Waals surface area (Å²) in [5.74, 6) is -0.605. The van der Waals surface area contributed by atoms with Gasteiger partial charge in [0.05, 0.1) is 25.2 Å². The lowest BCUT2D eigenvalue weighted by molar-refractivity contribution is -0.148. The Balaban J connectivity index is 4.64. The molecule has 0 aromatic heterocycles. The van der Waals surface area contributed by atoms with Gasteiger partial charge in [0.1, 0.15) is 6.10 Å². The number of unbranched alkanes of at least 4 members (excludes halogenated alkanes) is 26. The van der Waals surface area contributed by atoms with Crippen LogP contribution in [0.2, 0.25) is 0 Å². The smallest absolute Gasteiger partial charge is 0.306 e. The first kappa shape index (κ1) is 53.1. The molecule has 0 aromatic rings. The van der Waals surface area contributed by atoms with Crippen molar-refractivity contribution >= 4 is 11.9 Å². The minimum atomic E-state index is -0.807. The van der Waals surface area contributed by atoms with E-state index in [0.29, 0.717) is 12.8 Å². The molecule has 0 aliphatic heterocycles. The fraction of sp³-hybridized carbons (Fsp3) is 0.837. The summed E-state index contributed by atoms with van der Waals surface area (Å²) in [6.07, 6.45) is 49.5. The summed E-state index contributed by atoms with van der Waals surface area (Å²) in [4.78, 5) is 25.9. The second-order valence-electron chi connectivity index (χ2n) is 16.2. The maximum Gasteiger partial charge on any atom is 0.306 e. The molecule has 0 aliphatic rings. The van der Waals surface area contributed by atoms with E-state index >= 15 is 0 Å². The molecule has 0 heterocycles.